The zero-order chi connectivity index (χ0) is 24.9. The summed E-state index contributed by atoms with van der Waals surface area (Å²) in [7, 11) is 0. The quantitative estimate of drug-likeness (QED) is 0.395. The van der Waals surface area contributed by atoms with Crippen molar-refractivity contribution in [3.05, 3.63) is 65.5 Å². The summed E-state index contributed by atoms with van der Waals surface area (Å²) in [6, 6.07) is 12.2. The predicted octanol–water partition coefficient (Wildman–Crippen LogP) is 3.99. The van der Waals surface area contributed by atoms with E-state index in [2.05, 4.69) is 27.8 Å². The number of aliphatic carboxylic acids is 1. The molecule has 1 fully saturated rings. The lowest BCUT2D eigenvalue weighted by Gasteiger charge is -2.35. The second kappa shape index (κ2) is 11.0. The maximum atomic E-state index is 12.6. The van der Waals surface area contributed by atoms with Gasteiger partial charge in [0.2, 0.25) is 0 Å². The fourth-order valence-electron chi connectivity index (χ4n) is 4.97. The summed E-state index contributed by atoms with van der Waals surface area (Å²) in [5, 5.41) is 16.4. The van der Waals surface area contributed by atoms with Crippen LogP contribution in [-0.2, 0) is 22.4 Å². The van der Waals surface area contributed by atoms with Crippen LogP contribution in [-0.4, -0.2) is 52.2 Å². The number of carbonyl (C=O) groups is 2. The van der Waals surface area contributed by atoms with Crippen LogP contribution in [0.15, 0.2) is 48.7 Å². The summed E-state index contributed by atoms with van der Waals surface area (Å²) in [6.45, 7) is 1.30. The van der Waals surface area contributed by atoms with Crippen molar-refractivity contribution in [2.75, 3.05) is 18.5 Å². The van der Waals surface area contributed by atoms with Gasteiger partial charge in [-0.15, -0.1) is 0 Å². The first-order valence-electron chi connectivity index (χ1n) is 12.8. The third-order valence-corrected chi connectivity index (χ3v) is 7.18. The molecule has 0 unspecified atom stereocenters. The molecule has 0 radical (unpaired) electrons. The largest absolute Gasteiger partial charge is 0.480 e. The third-order valence-electron chi connectivity index (χ3n) is 7.18. The number of anilines is 1. The summed E-state index contributed by atoms with van der Waals surface area (Å²) in [5.74, 6) is 0.181. The molecule has 1 aromatic carbocycles. The number of pyridine rings is 2. The first kappa shape index (κ1) is 24.2. The van der Waals surface area contributed by atoms with Crippen molar-refractivity contribution in [2.45, 2.75) is 57.1 Å². The molecule has 36 heavy (non-hydrogen) atoms. The molecule has 1 saturated carbocycles. The molecule has 188 valence electrons. The van der Waals surface area contributed by atoms with E-state index in [1.807, 2.05) is 6.07 Å². The van der Waals surface area contributed by atoms with Crippen LogP contribution in [0.1, 0.15) is 53.7 Å². The van der Waals surface area contributed by atoms with Gasteiger partial charge < -0.3 is 20.5 Å². The highest BCUT2D eigenvalue weighted by atomic mass is 16.5. The molecule has 3 N–H and O–H groups in total. The lowest BCUT2D eigenvalue weighted by Crippen LogP contribution is -2.42. The molecule has 2 aliphatic rings. The smallest absolute Gasteiger partial charge is 0.326 e. The molecule has 8 nitrogen and oxygen atoms in total. The van der Waals surface area contributed by atoms with Gasteiger partial charge in [-0.1, -0.05) is 12.1 Å². The molecule has 3 heterocycles. The van der Waals surface area contributed by atoms with Crippen molar-refractivity contribution < 1.29 is 19.4 Å². The molecule has 5 rings (SSSR count). The molecule has 1 amide bonds. The Balaban J connectivity index is 1.03. The number of rotatable bonds is 10. The molecule has 1 atom stereocenters. The normalized spacial score (nSPS) is 19.6. The Labute approximate surface area is 210 Å². The van der Waals surface area contributed by atoms with Crippen LogP contribution in [0.4, 0.5) is 5.82 Å². The van der Waals surface area contributed by atoms with Crippen molar-refractivity contribution in [3.8, 4) is 0 Å². The second-order valence-electron chi connectivity index (χ2n) is 9.77. The van der Waals surface area contributed by atoms with Gasteiger partial charge in [-0.3, -0.25) is 9.78 Å². The highest BCUT2D eigenvalue weighted by Gasteiger charge is 2.30. The number of aryl methyl sites for hydroxylation is 2. The molecule has 1 aliphatic carbocycles. The second-order valence-corrected chi connectivity index (χ2v) is 9.77. The van der Waals surface area contributed by atoms with Crippen LogP contribution in [0, 0.1) is 5.92 Å². The van der Waals surface area contributed by atoms with E-state index in [1.165, 1.54) is 12.0 Å². The van der Waals surface area contributed by atoms with Gasteiger partial charge in [0, 0.05) is 42.4 Å². The summed E-state index contributed by atoms with van der Waals surface area (Å²) in [4.78, 5) is 33.4. The number of carboxylic acids is 1. The van der Waals surface area contributed by atoms with E-state index in [-0.39, 0.29) is 12.5 Å². The number of hydrogen-bond donors (Lipinski definition) is 3. The van der Waals surface area contributed by atoms with E-state index in [9.17, 15) is 14.7 Å². The lowest BCUT2D eigenvalue weighted by atomic mass is 9.79. The number of benzene rings is 1. The van der Waals surface area contributed by atoms with Crippen LogP contribution in [0.25, 0.3) is 10.9 Å². The van der Waals surface area contributed by atoms with Gasteiger partial charge in [-0.2, -0.15) is 0 Å². The average Bonchev–Trinajstić information content (AvgIpc) is 2.88. The molecule has 3 aromatic rings. The van der Waals surface area contributed by atoms with Crippen LogP contribution in [0.2, 0.25) is 0 Å². The number of hydrogen-bond acceptors (Lipinski definition) is 6. The standard InChI is InChI=1S/C28H32N4O4/c33-27(21-7-10-24-20(17-21)4-2-12-29-24)32-25(28(34)35)11-14-36-23-15-18(16-23)5-8-22-9-6-19-3-1-13-30-26(19)31-22/h2,4,6-7,9-10,12,17-18,23,25H,1,3,5,8,11,13-16H2,(H,30,31)(H,32,33)(H,34,35)/t18-,23-,25-/m0/s1. The van der Waals surface area contributed by atoms with E-state index in [1.54, 1.807) is 30.5 Å². The van der Waals surface area contributed by atoms with Crippen molar-refractivity contribution in [1.29, 1.82) is 0 Å². The van der Waals surface area contributed by atoms with Gasteiger partial charge in [0.25, 0.3) is 5.91 Å². The molecule has 0 saturated heterocycles. The Kier molecular flexibility index (Phi) is 7.41. The Morgan fingerprint density at radius 2 is 2.08 bits per heavy atom. The minimum Gasteiger partial charge on any atom is -0.480 e. The highest BCUT2D eigenvalue weighted by Crippen LogP contribution is 2.34. The SMILES string of the molecule is O=C(N[C@@H](CCO[C@H]1C[C@H](CCc2ccc3c(n2)NCCC3)C1)C(=O)O)c1ccc2ncccc2c1. The van der Waals surface area contributed by atoms with E-state index in [0.29, 0.717) is 18.1 Å². The molecule has 2 aromatic heterocycles. The van der Waals surface area contributed by atoms with Gasteiger partial charge in [0.1, 0.15) is 11.9 Å². The molecular weight excluding hydrogens is 456 g/mol. The van der Waals surface area contributed by atoms with Crippen LogP contribution in [0.5, 0.6) is 0 Å². The minimum absolute atomic E-state index is 0.159. The maximum Gasteiger partial charge on any atom is 0.326 e. The number of carboxylic acid groups (broad SMARTS) is 1. The van der Waals surface area contributed by atoms with Gasteiger partial charge in [-0.05, 0) is 80.3 Å². The molecule has 1 aliphatic heterocycles. The fourth-order valence-corrected chi connectivity index (χ4v) is 4.97. The topological polar surface area (TPSA) is 113 Å². The Morgan fingerprint density at radius 3 is 2.94 bits per heavy atom. The van der Waals surface area contributed by atoms with Crippen molar-refractivity contribution in [2.24, 2.45) is 5.92 Å². The summed E-state index contributed by atoms with van der Waals surface area (Å²) >= 11 is 0. The van der Waals surface area contributed by atoms with Crippen LogP contribution < -0.4 is 10.6 Å². The van der Waals surface area contributed by atoms with Gasteiger partial charge in [0.15, 0.2) is 0 Å². The number of ether oxygens (including phenoxy) is 1. The molecule has 0 spiro atoms. The predicted molar refractivity (Wildman–Crippen MR) is 137 cm³/mol. The van der Waals surface area contributed by atoms with E-state index < -0.39 is 17.9 Å². The van der Waals surface area contributed by atoms with Gasteiger partial charge in [0.05, 0.1) is 11.6 Å². The van der Waals surface area contributed by atoms with Gasteiger partial charge in [-0.25, -0.2) is 9.78 Å². The highest BCUT2D eigenvalue weighted by molar-refractivity contribution is 5.99. The molecule has 0 bridgehead atoms. The first-order chi connectivity index (χ1) is 17.5. The fraction of sp³-hybridized carbons (Fsp3) is 0.429. The Morgan fingerprint density at radius 1 is 1.19 bits per heavy atom. The van der Waals surface area contributed by atoms with E-state index in [0.717, 1.165) is 61.1 Å². The lowest BCUT2D eigenvalue weighted by molar-refractivity contribution is -0.140. The maximum absolute atomic E-state index is 12.6. The molecular formula is C28H32N4O4. The monoisotopic (exact) mass is 488 g/mol. The zero-order valence-corrected chi connectivity index (χ0v) is 20.3. The Hall–Kier alpha value is -3.52. The van der Waals surface area contributed by atoms with E-state index in [4.69, 9.17) is 9.72 Å². The number of aromatic nitrogens is 2. The van der Waals surface area contributed by atoms with E-state index >= 15 is 0 Å². The van der Waals surface area contributed by atoms with Gasteiger partial charge >= 0.3 is 5.97 Å². The van der Waals surface area contributed by atoms with Crippen LogP contribution >= 0.6 is 0 Å². The molecule has 8 heteroatoms. The zero-order valence-electron chi connectivity index (χ0n) is 20.3. The number of carbonyl (C=O) groups excluding carboxylic acids is 1. The summed E-state index contributed by atoms with van der Waals surface area (Å²) < 4.78 is 5.91. The number of fused-ring (bicyclic) bond motifs is 2. The first-order valence-corrected chi connectivity index (χ1v) is 12.8. The number of nitrogens with one attached hydrogen (secondary N) is 2. The summed E-state index contributed by atoms with van der Waals surface area (Å²) in [5.41, 5.74) is 3.64. The number of amides is 1. The third kappa shape index (κ3) is 5.82. The average molecular weight is 489 g/mol. The Bertz CT molecular complexity index is 1240. The van der Waals surface area contributed by atoms with Crippen molar-refractivity contribution in [3.63, 3.8) is 0 Å². The summed E-state index contributed by atoms with van der Waals surface area (Å²) in [6.07, 6.45) is 8.36. The van der Waals surface area contributed by atoms with Crippen LogP contribution in [0.3, 0.4) is 0 Å². The minimum atomic E-state index is -1.06. The van der Waals surface area contributed by atoms with Crippen molar-refractivity contribution in [1.82, 2.24) is 15.3 Å². The van der Waals surface area contributed by atoms with Crippen molar-refractivity contribution >= 4 is 28.6 Å². The number of nitrogens with zero attached hydrogens (tertiary/aromatic N) is 2.